The van der Waals surface area contributed by atoms with Crippen molar-refractivity contribution in [1.29, 1.82) is 5.26 Å². The van der Waals surface area contributed by atoms with Crippen LogP contribution < -0.4 is 4.90 Å². The van der Waals surface area contributed by atoms with Crippen LogP contribution >= 0.6 is 0 Å². The molecule has 1 saturated heterocycles. The predicted octanol–water partition coefficient (Wildman–Crippen LogP) is 0.550. The Morgan fingerprint density at radius 2 is 2.26 bits per heavy atom. The molecule has 6 heteroatoms. The largest absolute Gasteiger partial charge is 0.480 e. The molecule has 19 heavy (non-hydrogen) atoms. The van der Waals surface area contributed by atoms with Crippen molar-refractivity contribution in [2.75, 3.05) is 37.6 Å². The third-order valence-corrected chi connectivity index (χ3v) is 3.18. The lowest BCUT2D eigenvalue weighted by Gasteiger charge is -2.23. The van der Waals surface area contributed by atoms with E-state index in [-0.39, 0.29) is 6.54 Å². The second kappa shape index (κ2) is 6.16. The Morgan fingerprint density at radius 3 is 3.00 bits per heavy atom. The summed E-state index contributed by atoms with van der Waals surface area (Å²) in [5.41, 5.74) is 1.26. The molecule has 0 saturated carbocycles. The van der Waals surface area contributed by atoms with Crippen LogP contribution in [0.2, 0.25) is 0 Å². The Bertz CT molecular complexity index is 498. The van der Waals surface area contributed by atoms with Gasteiger partial charge in [0.05, 0.1) is 12.2 Å². The molecule has 2 heterocycles. The third kappa shape index (κ3) is 3.42. The van der Waals surface area contributed by atoms with Gasteiger partial charge in [-0.2, -0.15) is 5.26 Å². The summed E-state index contributed by atoms with van der Waals surface area (Å²) in [6.45, 7) is 3.06. The zero-order valence-electron chi connectivity index (χ0n) is 10.6. The number of aliphatic carboxylic acids is 1. The van der Waals surface area contributed by atoms with Gasteiger partial charge in [-0.15, -0.1) is 0 Å². The first-order chi connectivity index (χ1) is 9.20. The normalized spacial score (nSPS) is 16.7. The molecule has 0 bridgehead atoms. The molecule has 1 aliphatic rings. The maximum Gasteiger partial charge on any atom is 0.317 e. The van der Waals surface area contributed by atoms with Crippen LogP contribution in [0.4, 0.5) is 5.69 Å². The fourth-order valence-corrected chi connectivity index (χ4v) is 2.30. The number of carbonyl (C=O) groups is 1. The van der Waals surface area contributed by atoms with Crippen LogP contribution in [-0.2, 0) is 4.79 Å². The minimum atomic E-state index is -0.799. The van der Waals surface area contributed by atoms with Crippen LogP contribution in [0.25, 0.3) is 0 Å². The standard InChI is InChI=1S/C13H16N4O2/c14-9-11-12(3-1-4-15-11)17-6-2-5-16(7-8-17)10-13(18)19/h1,3-4H,2,5-8,10H2,(H,18,19). The fourth-order valence-electron chi connectivity index (χ4n) is 2.30. The van der Waals surface area contributed by atoms with E-state index in [1.54, 1.807) is 6.20 Å². The van der Waals surface area contributed by atoms with Gasteiger partial charge >= 0.3 is 5.97 Å². The van der Waals surface area contributed by atoms with Gasteiger partial charge in [-0.1, -0.05) is 0 Å². The Hall–Kier alpha value is -2.13. The quantitative estimate of drug-likeness (QED) is 0.854. The van der Waals surface area contributed by atoms with Crippen molar-refractivity contribution in [3.8, 4) is 6.07 Å². The van der Waals surface area contributed by atoms with Crippen LogP contribution in [0.5, 0.6) is 0 Å². The van der Waals surface area contributed by atoms with Gasteiger partial charge in [-0.3, -0.25) is 9.69 Å². The number of hydrogen-bond donors (Lipinski definition) is 1. The monoisotopic (exact) mass is 260 g/mol. The van der Waals surface area contributed by atoms with Gasteiger partial charge in [-0.25, -0.2) is 4.98 Å². The molecule has 1 fully saturated rings. The topological polar surface area (TPSA) is 80.5 Å². The molecule has 0 atom stereocenters. The summed E-state index contributed by atoms with van der Waals surface area (Å²) in [5, 5.41) is 17.9. The van der Waals surface area contributed by atoms with Crippen molar-refractivity contribution in [2.24, 2.45) is 0 Å². The molecule has 0 spiro atoms. The number of rotatable bonds is 3. The maximum absolute atomic E-state index is 10.7. The number of hydrogen-bond acceptors (Lipinski definition) is 5. The van der Waals surface area contributed by atoms with Crippen LogP contribution in [0.3, 0.4) is 0 Å². The molecule has 0 aliphatic carbocycles. The predicted molar refractivity (Wildman–Crippen MR) is 69.9 cm³/mol. The average molecular weight is 260 g/mol. The molecule has 6 nitrogen and oxygen atoms in total. The zero-order valence-corrected chi connectivity index (χ0v) is 10.6. The molecule has 100 valence electrons. The highest BCUT2D eigenvalue weighted by molar-refractivity contribution is 5.69. The second-order valence-electron chi connectivity index (χ2n) is 4.49. The lowest BCUT2D eigenvalue weighted by molar-refractivity contribution is -0.138. The Kier molecular flexibility index (Phi) is 4.31. The summed E-state index contributed by atoms with van der Waals surface area (Å²) in [4.78, 5) is 18.8. The number of pyridine rings is 1. The summed E-state index contributed by atoms with van der Waals surface area (Å²) in [7, 11) is 0. The minimum Gasteiger partial charge on any atom is -0.480 e. The Balaban J connectivity index is 2.07. The van der Waals surface area contributed by atoms with E-state index in [0.717, 1.165) is 25.2 Å². The molecule has 2 rings (SSSR count). The molecule has 1 aliphatic heterocycles. The van der Waals surface area contributed by atoms with Crippen molar-refractivity contribution < 1.29 is 9.90 Å². The summed E-state index contributed by atoms with van der Waals surface area (Å²) in [6, 6.07) is 5.80. The zero-order chi connectivity index (χ0) is 13.7. The highest BCUT2D eigenvalue weighted by Gasteiger charge is 2.18. The highest BCUT2D eigenvalue weighted by atomic mass is 16.4. The number of nitriles is 1. The molecule has 0 unspecified atom stereocenters. The Labute approximate surface area is 111 Å². The molecule has 1 N–H and O–H groups in total. The van der Waals surface area contributed by atoms with E-state index >= 15 is 0 Å². The second-order valence-corrected chi connectivity index (χ2v) is 4.49. The molecule has 1 aromatic rings. The van der Waals surface area contributed by atoms with Crippen molar-refractivity contribution in [3.05, 3.63) is 24.0 Å². The van der Waals surface area contributed by atoms with Gasteiger partial charge in [0, 0.05) is 32.4 Å². The molecule has 0 radical (unpaired) electrons. The van der Waals surface area contributed by atoms with E-state index in [4.69, 9.17) is 10.4 Å². The maximum atomic E-state index is 10.7. The molecule has 0 aromatic carbocycles. The van der Waals surface area contributed by atoms with Crippen LogP contribution in [0, 0.1) is 11.3 Å². The summed E-state index contributed by atoms with van der Waals surface area (Å²) in [6.07, 6.45) is 2.49. The first-order valence-corrected chi connectivity index (χ1v) is 6.25. The fraction of sp³-hybridized carbons (Fsp3) is 0.462. The van der Waals surface area contributed by atoms with Crippen molar-refractivity contribution in [2.45, 2.75) is 6.42 Å². The summed E-state index contributed by atoms with van der Waals surface area (Å²) in [5.74, 6) is -0.799. The SMILES string of the molecule is N#Cc1ncccc1N1CCCN(CC(=O)O)CC1. The van der Waals surface area contributed by atoms with E-state index in [1.807, 2.05) is 17.0 Å². The summed E-state index contributed by atoms with van der Waals surface area (Å²) >= 11 is 0. The lowest BCUT2D eigenvalue weighted by atomic mass is 10.2. The van der Waals surface area contributed by atoms with Gasteiger partial charge in [0.2, 0.25) is 0 Å². The number of anilines is 1. The molecular weight excluding hydrogens is 244 g/mol. The van der Waals surface area contributed by atoms with Crippen molar-refractivity contribution in [1.82, 2.24) is 9.88 Å². The van der Waals surface area contributed by atoms with Crippen LogP contribution in [0.15, 0.2) is 18.3 Å². The highest BCUT2D eigenvalue weighted by Crippen LogP contribution is 2.19. The van der Waals surface area contributed by atoms with Gasteiger partial charge in [0.1, 0.15) is 6.07 Å². The smallest absolute Gasteiger partial charge is 0.317 e. The number of carboxylic acids is 1. The molecule has 0 amide bonds. The summed E-state index contributed by atoms with van der Waals surface area (Å²) < 4.78 is 0. The first-order valence-electron chi connectivity index (χ1n) is 6.25. The Morgan fingerprint density at radius 1 is 1.42 bits per heavy atom. The van der Waals surface area contributed by atoms with Gasteiger partial charge in [-0.05, 0) is 18.6 Å². The van der Waals surface area contributed by atoms with Gasteiger partial charge in [0.25, 0.3) is 0 Å². The number of aromatic nitrogens is 1. The van der Waals surface area contributed by atoms with E-state index < -0.39 is 5.97 Å². The van der Waals surface area contributed by atoms with E-state index in [1.165, 1.54) is 0 Å². The van der Waals surface area contributed by atoms with Gasteiger partial charge < -0.3 is 10.0 Å². The number of carboxylic acid groups (broad SMARTS) is 1. The van der Waals surface area contributed by atoms with E-state index in [0.29, 0.717) is 18.8 Å². The van der Waals surface area contributed by atoms with E-state index in [2.05, 4.69) is 16.0 Å². The van der Waals surface area contributed by atoms with Crippen molar-refractivity contribution in [3.63, 3.8) is 0 Å². The van der Waals surface area contributed by atoms with Crippen LogP contribution in [0.1, 0.15) is 12.1 Å². The van der Waals surface area contributed by atoms with Crippen LogP contribution in [-0.4, -0.2) is 53.7 Å². The van der Waals surface area contributed by atoms with E-state index in [9.17, 15) is 4.79 Å². The lowest BCUT2D eigenvalue weighted by Crippen LogP contribution is -2.34. The third-order valence-electron chi connectivity index (χ3n) is 3.18. The van der Waals surface area contributed by atoms with Gasteiger partial charge in [0.15, 0.2) is 5.69 Å². The first kappa shape index (κ1) is 13.3. The molecular formula is C13H16N4O2. The minimum absolute atomic E-state index is 0.0754. The van der Waals surface area contributed by atoms with Crippen molar-refractivity contribution >= 4 is 11.7 Å². The molecule has 1 aromatic heterocycles. The average Bonchev–Trinajstić information content (AvgIpc) is 2.63. The number of nitrogens with zero attached hydrogens (tertiary/aromatic N) is 4.